The van der Waals surface area contributed by atoms with Gasteiger partial charge in [-0.2, -0.15) is 5.10 Å². The normalized spacial score (nSPS) is 16.2. The minimum atomic E-state index is 0.603. The highest BCUT2D eigenvalue weighted by molar-refractivity contribution is 6.17. The van der Waals surface area contributed by atoms with Crippen molar-refractivity contribution in [2.75, 3.05) is 24.0 Å². The Morgan fingerprint density at radius 1 is 1.20 bits per heavy atom. The molecule has 0 bridgehead atoms. The third-order valence-corrected chi connectivity index (χ3v) is 4.21. The van der Waals surface area contributed by atoms with E-state index in [1.165, 1.54) is 19.3 Å². The van der Waals surface area contributed by atoms with E-state index in [0.717, 1.165) is 48.6 Å². The zero-order chi connectivity index (χ0) is 14.1. The predicted octanol–water partition coefficient (Wildman–Crippen LogP) is 2.24. The van der Waals surface area contributed by atoms with Crippen molar-refractivity contribution in [1.82, 2.24) is 19.4 Å². The molecule has 20 heavy (non-hydrogen) atoms. The zero-order valence-corrected chi connectivity index (χ0v) is 13.0. The third kappa shape index (κ3) is 2.18. The monoisotopic (exact) mass is 295 g/mol. The Morgan fingerprint density at radius 2 is 1.95 bits per heavy atom. The van der Waals surface area contributed by atoms with Crippen molar-refractivity contribution < 1.29 is 0 Å². The molecule has 0 radical (unpaired) electrons. The standard InChI is InChI=1S/C14H22ClN5/c1-3-11-13-14(18(2)17-11)20(12(16-13)7-8-15)19-9-5-4-6-10-19/h3-10H2,1-2H3. The minimum absolute atomic E-state index is 0.603. The van der Waals surface area contributed by atoms with E-state index >= 15 is 0 Å². The Bertz CT molecular complexity index is 594. The van der Waals surface area contributed by atoms with Gasteiger partial charge in [-0.05, 0) is 25.7 Å². The molecule has 1 saturated heterocycles. The zero-order valence-electron chi connectivity index (χ0n) is 12.3. The second-order valence-electron chi connectivity index (χ2n) is 5.39. The summed E-state index contributed by atoms with van der Waals surface area (Å²) in [6.45, 7) is 4.31. The number of fused-ring (bicyclic) bond motifs is 1. The van der Waals surface area contributed by atoms with E-state index < -0.39 is 0 Å². The lowest BCUT2D eigenvalue weighted by Gasteiger charge is -2.31. The summed E-state index contributed by atoms with van der Waals surface area (Å²) in [6.07, 6.45) is 5.53. The summed E-state index contributed by atoms with van der Waals surface area (Å²) in [5, 5.41) is 7.00. The maximum absolute atomic E-state index is 5.96. The molecule has 3 rings (SSSR count). The van der Waals surface area contributed by atoms with Gasteiger partial charge in [0, 0.05) is 32.4 Å². The van der Waals surface area contributed by atoms with Crippen molar-refractivity contribution in [3.8, 4) is 0 Å². The molecule has 3 heterocycles. The summed E-state index contributed by atoms with van der Waals surface area (Å²) in [5.41, 5.74) is 3.23. The number of alkyl halides is 1. The molecule has 1 aliphatic rings. The topological polar surface area (TPSA) is 38.9 Å². The van der Waals surface area contributed by atoms with Gasteiger partial charge in [-0.15, -0.1) is 11.6 Å². The van der Waals surface area contributed by atoms with Gasteiger partial charge >= 0.3 is 0 Å². The molecular formula is C14H22ClN5. The first-order chi connectivity index (χ1) is 9.76. The van der Waals surface area contributed by atoms with Gasteiger partial charge < -0.3 is 5.01 Å². The molecule has 0 atom stereocenters. The van der Waals surface area contributed by atoms with E-state index in [9.17, 15) is 0 Å². The number of aromatic nitrogens is 4. The van der Waals surface area contributed by atoms with Crippen LogP contribution in [0.3, 0.4) is 0 Å². The van der Waals surface area contributed by atoms with E-state index in [2.05, 4.69) is 21.7 Å². The van der Waals surface area contributed by atoms with Crippen LogP contribution in [0.2, 0.25) is 0 Å². The van der Waals surface area contributed by atoms with Gasteiger partial charge in [0.2, 0.25) is 0 Å². The second kappa shape index (κ2) is 5.64. The average molecular weight is 296 g/mol. The number of piperidine rings is 1. The Morgan fingerprint density at radius 3 is 2.60 bits per heavy atom. The van der Waals surface area contributed by atoms with Crippen molar-refractivity contribution in [3.05, 3.63) is 11.5 Å². The summed E-state index contributed by atoms with van der Waals surface area (Å²) in [7, 11) is 2.01. The maximum Gasteiger partial charge on any atom is 0.177 e. The van der Waals surface area contributed by atoms with Crippen molar-refractivity contribution in [2.45, 2.75) is 39.0 Å². The molecule has 2 aromatic rings. The van der Waals surface area contributed by atoms with Crippen molar-refractivity contribution in [2.24, 2.45) is 7.05 Å². The number of nitrogens with zero attached hydrogens (tertiary/aromatic N) is 5. The van der Waals surface area contributed by atoms with Gasteiger partial charge in [-0.1, -0.05) is 6.92 Å². The fourth-order valence-electron chi connectivity index (χ4n) is 3.07. The van der Waals surface area contributed by atoms with Crippen LogP contribution < -0.4 is 5.01 Å². The quantitative estimate of drug-likeness (QED) is 0.812. The van der Waals surface area contributed by atoms with Crippen molar-refractivity contribution in [3.63, 3.8) is 0 Å². The Kier molecular flexibility index (Phi) is 3.87. The third-order valence-electron chi connectivity index (χ3n) is 4.02. The first-order valence-corrected chi connectivity index (χ1v) is 8.04. The van der Waals surface area contributed by atoms with Crippen LogP contribution in [0.25, 0.3) is 11.2 Å². The number of hydrogen-bond acceptors (Lipinski definition) is 3. The predicted molar refractivity (Wildman–Crippen MR) is 82.1 cm³/mol. The molecule has 0 aliphatic carbocycles. The van der Waals surface area contributed by atoms with Crippen LogP contribution >= 0.6 is 11.6 Å². The van der Waals surface area contributed by atoms with Crippen molar-refractivity contribution >= 4 is 22.8 Å². The Labute approximate surface area is 124 Å². The van der Waals surface area contributed by atoms with Crippen LogP contribution in [-0.2, 0) is 19.9 Å². The van der Waals surface area contributed by atoms with E-state index in [1.54, 1.807) is 0 Å². The van der Waals surface area contributed by atoms with Crippen LogP contribution in [0.15, 0.2) is 0 Å². The van der Waals surface area contributed by atoms with Gasteiger partial charge in [-0.25, -0.2) is 14.3 Å². The molecule has 0 spiro atoms. The summed E-state index contributed by atoms with van der Waals surface area (Å²) in [4.78, 5) is 4.82. The SMILES string of the molecule is CCc1nn(C)c2c1nc(CCCl)n2N1CCCCC1. The van der Waals surface area contributed by atoms with Crippen molar-refractivity contribution in [1.29, 1.82) is 0 Å². The van der Waals surface area contributed by atoms with Gasteiger partial charge in [0.15, 0.2) is 5.65 Å². The Balaban J connectivity index is 2.14. The highest BCUT2D eigenvalue weighted by atomic mass is 35.5. The smallest absolute Gasteiger partial charge is 0.177 e. The molecule has 0 amide bonds. The molecular weight excluding hydrogens is 274 g/mol. The molecule has 5 nitrogen and oxygen atoms in total. The van der Waals surface area contributed by atoms with Gasteiger partial charge in [0.1, 0.15) is 11.3 Å². The van der Waals surface area contributed by atoms with E-state index in [4.69, 9.17) is 16.6 Å². The van der Waals surface area contributed by atoms with Crippen LogP contribution in [0, 0.1) is 0 Å². The number of aryl methyl sites for hydroxylation is 3. The summed E-state index contributed by atoms with van der Waals surface area (Å²) in [5.74, 6) is 1.67. The van der Waals surface area contributed by atoms with E-state index in [0.29, 0.717) is 5.88 Å². The van der Waals surface area contributed by atoms with Crippen LogP contribution in [0.1, 0.15) is 37.7 Å². The molecule has 0 aromatic carbocycles. The lowest BCUT2D eigenvalue weighted by Crippen LogP contribution is -2.40. The van der Waals surface area contributed by atoms with Gasteiger partial charge in [-0.3, -0.25) is 0 Å². The molecule has 6 heteroatoms. The number of halogens is 1. The number of imidazole rings is 1. The molecule has 0 N–H and O–H groups in total. The minimum Gasteiger partial charge on any atom is -0.310 e. The first kappa shape index (κ1) is 13.7. The molecule has 1 aliphatic heterocycles. The molecule has 2 aromatic heterocycles. The van der Waals surface area contributed by atoms with Crippen LogP contribution in [0.5, 0.6) is 0 Å². The number of hydrogen-bond donors (Lipinski definition) is 0. The fraction of sp³-hybridized carbons (Fsp3) is 0.714. The summed E-state index contributed by atoms with van der Waals surface area (Å²) >= 11 is 5.96. The highest BCUT2D eigenvalue weighted by Gasteiger charge is 2.22. The largest absolute Gasteiger partial charge is 0.310 e. The van der Waals surface area contributed by atoms with Gasteiger partial charge in [0.05, 0.1) is 5.69 Å². The van der Waals surface area contributed by atoms with E-state index in [-0.39, 0.29) is 0 Å². The Hall–Kier alpha value is -1.23. The molecule has 110 valence electrons. The average Bonchev–Trinajstić information content (AvgIpc) is 2.98. The second-order valence-corrected chi connectivity index (χ2v) is 5.77. The molecule has 0 saturated carbocycles. The molecule has 0 unspecified atom stereocenters. The lowest BCUT2D eigenvalue weighted by atomic mass is 10.2. The highest BCUT2D eigenvalue weighted by Crippen LogP contribution is 2.22. The lowest BCUT2D eigenvalue weighted by molar-refractivity contribution is 0.470. The van der Waals surface area contributed by atoms with Gasteiger partial charge in [0.25, 0.3) is 0 Å². The molecule has 1 fully saturated rings. The maximum atomic E-state index is 5.96. The summed E-state index contributed by atoms with van der Waals surface area (Å²) in [6, 6.07) is 0. The van der Waals surface area contributed by atoms with Crippen LogP contribution in [0.4, 0.5) is 0 Å². The summed E-state index contributed by atoms with van der Waals surface area (Å²) < 4.78 is 4.23. The first-order valence-electron chi connectivity index (χ1n) is 7.50. The fourth-order valence-corrected chi connectivity index (χ4v) is 3.24. The van der Waals surface area contributed by atoms with E-state index in [1.807, 2.05) is 11.7 Å². The van der Waals surface area contributed by atoms with Crippen LogP contribution in [-0.4, -0.2) is 38.4 Å². The number of rotatable bonds is 4.